The molecule has 0 radical (unpaired) electrons. The molecule has 0 aliphatic carbocycles. The Morgan fingerprint density at radius 1 is 0.923 bits per heavy atom. The van der Waals surface area contributed by atoms with E-state index in [4.69, 9.17) is 0 Å². The first-order valence-electron chi connectivity index (χ1n) is 13.1. The van der Waals surface area contributed by atoms with Crippen LogP contribution in [0, 0.1) is 18.6 Å². The van der Waals surface area contributed by atoms with Gasteiger partial charge in [0.1, 0.15) is 17.7 Å². The Morgan fingerprint density at radius 3 is 2.26 bits per heavy atom. The summed E-state index contributed by atoms with van der Waals surface area (Å²) in [4.78, 5) is 39.2. The second-order valence-corrected chi connectivity index (χ2v) is 10.2. The summed E-state index contributed by atoms with van der Waals surface area (Å²) < 4.78 is 27.2. The van der Waals surface area contributed by atoms with Crippen molar-refractivity contribution in [3.05, 3.63) is 101 Å². The van der Waals surface area contributed by atoms with Gasteiger partial charge in [-0.1, -0.05) is 30.3 Å². The fourth-order valence-electron chi connectivity index (χ4n) is 5.14. The molecule has 6 nitrogen and oxygen atoms in total. The molecule has 1 heterocycles. The zero-order valence-corrected chi connectivity index (χ0v) is 22.2. The van der Waals surface area contributed by atoms with Crippen molar-refractivity contribution in [2.75, 3.05) is 18.4 Å². The number of amides is 3. The Morgan fingerprint density at radius 2 is 1.62 bits per heavy atom. The lowest BCUT2D eigenvalue weighted by atomic mass is 9.89. The Labute approximate surface area is 227 Å². The smallest absolute Gasteiger partial charge is 0.245 e. The van der Waals surface area contributed by atoms with E-state index >= 15 is 0 Å². The van der Waals surface area contributed by atoms with Crippen LogP contribution in [0.1, 0.15) is 47.9 Å². The lowest BCUT2D eigenvalue weighted by Crippen LogP contribution is -2.51. The van der Waals surface area contributed by atoms with Crippen molar-refractivity contribution in [2.45, 2.75) is 51.5 Å². The maximum atomic E-state index is 13.6. The summed E-state index contributed by atoms with van der Waals surface area (Å²) in [5.74, 6) is -1.16. The van der Waals surface area contributed by atoms with Crippen molar-refractivity contribution in [3.63, 3.8) is 0 Å². The molecule has 0 saturated carbocycles. The highest BCUT2D eigenvalue weighted by atomic mass is 19.1. The van der Waals surface area contributed by atoms with Gasteiger partial charge in [0.2, 0.25) is 17.7 Å². The van der Waals surface area contributed by atoms with Gasteiger partial charge in [0.05, 0.1) is 6.42 Å². The normalized spacial score (nSPS) is 14.5. The van der Waals surface area contributed by atoms with E-state index in [-0.39, 0.29) is 48.1 Å². The number of nitrogens with one attached hydrogen (secondary N) is 2. The third kappa shape index (κ3) is 7.96. The number of anilines is 1. The van der Waals surface area contributed by atoms with Gasteiger partial charge in [0.25, 0.3) is 0 Å². The van der Waals surface area contributed by atoms with Crippen molar-refractivity contribution >= 4 is 23.4 Å². The number of likely N-dealkylation sites (tertiary alicyclic amines) is 1. The molecule has 1 unspecified atom stereocenters. The molecule has 8 heteroatoms. The summed E-state index contributed by atoms with van der Waals surface area (Å²) in [6, 6.07) is 17.6. The molecule has 3 aromatic carbocycles. The summed E-state index contributed by atoms with van der Waals surface area (Å²) >= 11 is 0. The quantitative estimate of drug-likeness (QED) is 0.432. The number of piperidine rings is 1. The van der Waals surface area contributed by atoms with Crippen LogP contribution in [0.25, 0.3) is 0 Å². The van der Waals surface area contributed by atoms with E-state index in [2.05, 4.69) is 10.6 Å². The van der Waals surface area contributed by atoms with Gasteiger partial charge in [-0.05, 0) is 84.3 Å². The molecule has 204 valence electrons. The highest BCUT2D eigenvalue weighted by Crippen LogP contribution is 2.29. The molecule has 1 fully saturated rings. The average Bonchev–Trinajstić information content (AvgIpc) is 2.87. The SMILES string of the molecule is CC(=O)NC(Cc1cccc(F)c1)C(=O)N1CCC(c2ccc(NC(=O)Cc3cc(C)cc(F)c3)cc2)CC1. The highest BCUT2D eigenvalue weighted by molar-refractivity contribution is 5.92. The topological polar surface area (TPSA) is 78.5 Å². The van der Waals surface area contributed by atoms with E-state index in [1.54, 1.807) is 30.0 Å². The molecular weight excluding hydrogens is 500 g/mol. The molecule has 0 aromatic heterocycles. The van der Waals surface area contributed by atoms with Gasteiger partial charge in [-0.25, -0.2) is 8.78 Å². The number of carbonyl (C=O) groups excluding carboxylic acids is 3. The molecule has 3 aromatic rings. The minimum absolute atomic E-state index is 0.0888. The standard InChI is InChI=1S/C31H33F2N3O3/c1-20-14-23(17-27(33)15-20)19-30(38)35-28-8-6-24(7-9-28)25-10-12-36(13-11-25)31(39)29(34-21(2)37)18-22-4-3-5-26(32)16-22/h3-9,14-17,25,29H,10-13,18-19H2,1-2H3,(H,34,37)(H,35,38). The lowest BCUT2D eigenvalue weighted by Gasteiger charge is -2.34. The third-order valence-electron chi connectivity index (χ3n) is 6.94. The molecule has 1 saturated heterocycles. The van der Waals surface area contributed by atoms with Crippen LogP contribution in [-0.2, 0) is 27.2 Å². The number of benzene rings is 3. The summed E-state index contributed by atoms with van der Waals surface area (Å²) in [6.07, 6.45) is 1.85. The number of hydrogen-bond donors (Lipinski definition) is 2. The van der Waals surface area contributed by atoms with E-state index in [1.807, 2.05) is 24.3 Å². The minimum atomic E-state index is -0.750. The third-order valence-corrected chi connectivity index (χ3v) is 6.94. The molecule has 0 bridgehead atoms. The largest absolute Gasteiger partial charge is 0.344 e. The number of rotatable bonds is 8. The Bertz CT molecular complexity index is 1310. The van der Waals surface area contributed by atoms with E-state index in [1.165, 1.54) is 31.2 Å². The van der Waals surface area contributed by atoms with Crippen LogP contribution in [0.4, 0.5) is 14.5 Å². The van der Waals surface area contributed by atoms with Crippen LogP contribution < -0.4 is 10.6 Å². The van der Waals surface area contributed by atoms with Gasteiger partial charge in [0.15, 0.2) is 0 Å². The van der Waals surface area contributed by atoms with Crippen molar-refractivity contribution in [3.8, 4) is 0 Å². The number of aryl methyl sites for hydroxylation is 1. The van der Waals surface area contributed by atoms with Crippen molar-refractivity contribution in [1.82, 2.24) is 10.2 Å². The second kappa shape index (κ2) is 12.7. The molecule has 39 heavy (non-hydrogen) atoms. The average molecular weight is 534 g/mol. The Hall–Kier alpha value is -4.07. The predicted molar refractivity (Wildman–Crippen MR) is 146 cm³/mol. The van der Waals surface area contributed by atoms with Gasteiger partial charge in [0, 0.05) is 32.1 Å². The van der Waals surface area contributed by atoms with Crippen molar-refractivity contribution in [1.29, 1.82) is 0 Å². The van der Waals surface area contributed by atoms with Gasteiger partial charge in [-0.2, -0.15) is 0 Å². The summed E-state index contributed by atoms with van der Waals surface area (Å²) in [6.45, 7) is 4.26. The molecule has 4 rings (SSSR count). The molecule has 2 N–H and O–H groups in total. The first kappa shape index (κ1) is 28.0. The molecule has 3 amide bonds. The Kier molecular flexibility index (Phi) is 9.07. The van der Waals surface area contributed by atoms with Crippen molar-refractivity contribution in [2.24, 2.45) is 0 Å². The monoisotopic (exact) mass is 533 g/mol. The zero-order chi connectivity index (χ0) is 27.9. The maximum Gasteiger partial charge on any atom is 0.245 e. The fraction of sp³-hybridized carbons (Fsp3) is 0.323. The first-order chi connectivity index (χ1) is 18.7. The summed E-state index contributed by atoms with van der Waals surface area (Å²) in [5, 5.41) is 5.59. The van der Waals surface area contributed by atoms with Gasteiger partial charge >= 0.3 is 0 Å². The fourth-order valence-corrected chi connectivity index (χ4v) is 5.14. The summed E-state index contributed by atoms with van der Waals surface area (Å²) in [7, 11) is 0. The molecule has 0 spiro atoms. The van der Waals surface area contributed by atoms with Crippen LogP contribution >= 0.6 is 0 Å². The van der Waals surface area contributed by atoms with E-state index < -0.39 is 6.04 Å². The van der Waals surface area contributed by atoms with E-state index in [0.717, 1.165) is 24.0 Å². The van der Waals surface area contributed by atoms with E-state index in [0.29, 0.717) is 29.9 Å². The lowest BCUT2D eigenvalue weighted by molar-refractivity contribution is -0.137. The van der Waals surface area contributed by atoms with Gasteiger partial charge in [-0.3, -0.25) is 14.4 Å². The first-order valence-corrected chi connectivity index (χ1v) is 13.1. The molecule has 1 aliphatic rings. The highest BCUT2D eigenvalue weighted by Gasteiger charge is 2.29. The Balaban J connectivity index is 1.31. The molecule has 1 aliphatic heterocycles. The van der Waals surface area contributed by atoms with Crippen LogP contribution in [-0.4, -0.2) is 41.8 Å². The van der Waals surface area contributed by atoms with Gasteiger partial charge in [-0.15, -0.1) is 0 Å². The minimum Gasteiger partial charge on any atom is -0.344 e. The molecular formula is C31H33F2N3O3. The van der Waals surface area contributed by atoms with Crippen LogP contribution in [0.3, 0.4) is 0 Å². The van der Waals surface area contributed by atoms with Crippen LogP contribution in [0.15, 0.2) is 66.7 Å². The van der Waals surface area contributed by atoms with Crippen LogP contribution in [0.5, 0.6) is 0 Å². The number of nitrogens with zero attached hydrogens (tertiary/aromatic N) is 1. The number of hydrogen-bond acceptors (Lipinski definition) is 3. The van der Waals surface area contributed by atoms with E-state index in [9.17, 15) is 23.2 Å². The zero-order valence-electron chi connectivity index (χ0n) is 22.2. The van der Waals surface area contributed by atoms with Crippen LogP contribution in [0.2, 0.25) is 0 Å². The van der Waals surface area contributed by atoms with Gasteiger partial charge < -0.3 is 15.5 Å². The predicted octanol–water partition coefficient (Wildman–Crippen LogP) is 4.91. The number of carbonyl (C=O) groups is 3. The molecule has 1 atom stereocenters. The second-order valence-electron chi connectivity index (χ2n) is 10.2. The van der Waals surface area contributed by atoms with Crippen molar-refractivity contribution < 1.29 is 23.2 Å². The summed E-state index contributed by atoms with van der Waals surface area (Å²) in [5.41, 5.74) is 3.83. The number of halogens is 2. The maximum absolute atomic E-state index is 13.6.